The van der Waals surface area contributed by atoms with E-state index in [0.29, 0.717) is 0 Å². The van der Waals surface area contributed by atoms with Crippen molar-refractivity contribution in [1.29, 1.82) is 5.26 Å². The lowest BCUT2D eigenvalue weighted by atomic mass is 10.4. The highest BCUT2D eigenvalue weighted by molar-refractivity contribution is 9.09. The average Bonchev–Trinajstić information content (AvgIpc) is 2.34. The standard InChI is InChI=1S/C7H6BrNS/c1-5-2-3-7(10-5)6(8)4-9/h2-3,6H,1H3. The maximum atomic E-state index is 8.51. The normalized spacial score (nSPS) is 12.5. The van der Waals surface area contributed by atoms with E-state index in [9.17, 15) is 0 Å². The summed E-state index contributed by atoms with van der Waals surface area (Å²) >= 11 is 4.90. The Bertz CT molecular complexity index is 261. The van der Waals surface area contributed by atoms with Crippen molar-refractivity contribution in [3.63, 3.8) is 0 Å². The third kappa shape index (κ3) is 1.59. The number of nitriles is 1. The number of hydrogen-bond donors (Lipinski definition) is 0. The van der Waals surface area contributed by atoms with E-state index in [-0.39, 0.29) is 4.83 Å². The van der Waals surface area contributed by atoms with E-state index in [4.69, 9.17) is 5.26 Å². The molecule has 1 rings (SSSR count). The molecule has 1 unspecified atom stereocenters. The van der Waals surface area contributed by atoms with E-state index >= 15 is 0 Å². The number of nitrogens with zero attached hydrogens (tertiary/aromatic N) is 1. The Balaban J connectivity index is 2.87. The Morgan fingerprint density at radius 1 is 1.70 bits per heavy atom. The fourth-order valence-electron chi connectivity index (χ4n) is 0.653. The summed E-state index contributed by atoms with van der Waals surface area (Å²) in [5.74, 6) is 0. The van der Waals surface area contributed by atoms with Crippen LogP contribution in [-0.4, -0.2) is 0 Å². The van der Waals surface area contributed by atoms with Crippen LogP contribution in [0.2, 0.25) is 0 Å². The Hall–Kier alpha value is -0.330. The molecule has 0 fully saturated rings. The molecule has 0 amide bonds. The SMILES string of the molecule is Cc1ccc(C(Br)C#N)s1. The highest BCUT2D eigenvalue weighted by Gasteiger charge is 2.06. The van der Waals surface area contributed by atoms with Crippen LogP contribution in [0.1, 0.15) is 14.6 Å². The van der Waals surface area contributed by atoms with Gasteiger partial charge in [-0.3, -0.25) is 0 Å². The Kier molecular flexibility index (Phi) is 2.47. The van der Waals surface area contributed by atoms with Gasteiger partial charge in [-0.25, -0.2) is 0 Å². The zero-order chi connectivity index (χ0) is 7.56. The van der Waals surface area contributed by atoms with Gasteiger partial charge in [-0.1, -0.05) is 15.9 Å². The second kappa shape index (κ2) is 3.18. The van der Waals surface area contributed by atoms with Gasteiger partial charge in [0.25, 0.3) is 0 Å². The molecule has 1 nitrogen and oxygen atoms in total. The third-order valence-electron chi connectivity index (χ3n) is 1.12. The molecule has 3 heteroatoms. The third-order valence-corrected chi connectivity index (χ3v) is 3.19. The van der Waals surface area contributed by atoms with E-state index in [1.54, 1.807) is 11.3 Å². The van der Waals surface area contributed by atoms with Crippen LogP contribution >= 0.6 is 27.3 Å². The molecule has 0 saturated heterocycles. The monoisotopic (exact) mass is 215 g/mol. The maximum Gasteiger partial charge on any atom is 0.135 e. The first-order chi connectivity index (χ1) is 4.74. The van der Waals surface area contributed by atoms with Gasteiger partial charge in [-0.05, 0) is 19.1 Å². The molecule has 1 heterocycles. The molecular formula is C7H6BrNS. The predicted molar refractivity (Wildman–Crippen MR) is 46.3 cm³/mol. The molecule has 1 aromatic heterocycles. The lowest BCUT2D eigenvalue weighted by Crippen LogP contribution is -1.76. The van der Waals surface area contributed by atoms with Crippen molar-refractivity contribution >= 4 is 27.3 Å². The molecule has 0 N–H and O–H groups in total. The van der Waals surface area contributed by atoms with Gasteiger partial charge in [0.1, 0.15) is 4.83 Å². The summed E-state index contributed by atoms with van der Waals surface area (Å²) in [6.07, 6.45) is 0. The summed E-state index contributed by atoms with van der Waals surface area (Å²) in [6.45, 7) is 2.03. The van der Waals surface area contributed by atoms with E-state index in [1.165, 1.54) is 4.88 Å². The van der Waals surface area contributed by atoms with Gasteiger partial charge in [-0.2, -0.15) is 5.26 Å². The summed E-state index contributed by atoms with van der Waals surface area (Å²) in [5, 5.41) is 8.51. The highest BCUT2D eigenvalue weighted by Crippen LogP contribution is 2.28. The fourth-order valence-corrected chi connectivity index (χ4v) is 1.89. The smallest absolute Gasteiger partial charge is 0.135 e. The lowest BCUT2D eigenvalue weighted by Gasteiger charge is -1.91. The van der Waals surface area contributed by atoms with Gasteiger partial charge in [0.05, 0.1) is 6.07 Å². The first kappa shape index (κ1) is 7.77. The zero-order valence-electron chi connectivity index (χ0n) is 5.47. The average molecular weight is 216 g/mol. The van der Waals surface area contributed by atoms with Crippen LogP contribution in [0.25, 0.3) is 0 Å². The van der Waals surface area contributed by atoms with Crippen LogP contribution in [0.5, 0.6) is 0 Å². The van der Waals surface area contributed by atoms with Crippen LogP contribution in [0.15, 0.2) is 12.1 Å². The van der Waals surface area contributed by atoms with E-state index in [2.05, 4.69) is 22.0 Å². The largest absolute Gasteiger partial charge is 0.197 e. The molecular weight excluding hydrogens is 210 g/mol. The number of rotatable bonds is 1. The van der Waals surface area contributed by atoms with Gasteiger partial charge >= 0.3 is 0 Å². The van der Waals surface area contributed by atoms with Crippen molar-refractivity contribution in [3.05, 3.63) is 21.9 Å². The molecule has 52 valence electrons. The summed E-state index contributed by atoms with van der Waals surface area (Å²) < 4.78 is 0. The van der Waals surface area contributed by atoms with E-state index in [0.717, 1.165) is 4.88 Å². The van der Waals surface area contributed by atoms with E-state index in [1.807, 2.05) is 19.1 Å². The highest BCUT2D eigenvalue weighted by atomic mass is 79.9. The molecule has 0 aliphatic carbocycles. The van der Waals surface area contributed by atoms with Gasteiger partial charge in [0.15, 0.2) is 0 Å². The molecule has 10 heavy (non-hydrogen) atoms. The lowest BCUT2D eigenvalue weighted by molar-refractivity contribution is 1.30. The summed E-state index contributed by atoms with van der Waals surface area (Å²) in [6, 6.07) is 6.12. The molecule has 0 spiro atoms. The van der Waals surface area contributed by atoms with Crippen molar-refractivity contribution < 1.29 is 0 Å². The molecule has 1 aromatic rings. The van der Waals surface area contributed by atoms with Crippen molar-refractivity contribution in [2.75, 3.05) is 0 Å². The number of thiophene rings is 1. The van der Waals surface area contributed by atoms with Crippen molar-refractivity contribution in [2.24, 2.45) is 0 Å². The zero-order valence-corrected chi connectivity index (χ0v) is 7.87. The van der Waals surface area contributed by atoms with Crippen LogP contribution in [0.4, 0.5) is 0 Å². The summed E-state index contributed by atoms with van der Waals surface area (Å²) in [5.41, 5.74) is 0. The molecule has 0 saturated carbocycles. The van der Waals surface area contributed by atoms with Gasteiger partial charge in [0.2, 0.25) is 0 Å². The van der Waals surface area contributed by atoms with Crippen molar-refractivity contribution in [3.8, 4) is 6.07 Å². The Morgan fingerprint density at radius 3 is 2.80 bits per heavy atom. The quantitative estimate of drug-likeness (QED) is 0.662. The fraction of sp³-hybridized carbons (Fsp3) is 0.286. The first-order valence-electron chi connectivity index (χ1n) is 2.84. The molecule has 0 aromatic carbocycles. The molecule has 0 aliphatic rings. The topological polar surface area (TPSA) is 23.8 Å². The van der Waals surface area contributed by atoms with Crippen LogP contribution in [0.3, 0.4) is 0 Å². The van der Waals surface area contributed by atoms with Gasteiger partial charge in [0, 0.05) is 9.75 Å². The van der Waals surface area contributed by atoms with Crippen molar-refractivity contribution in [2.45, 2.75) is 11.8 Å². The number of alkyl halides is 1. The molecule has 1 atom stereocenters. The number of halogens is 1. The number of aryl methyl sites for hydroxylation is 1. The van der Waals surface area contributed by atoms with E-state index < -0.39 is 0 Å². The second-order valence-corrected chi connectivity index (χ2v) is 4.18. The molecule has 0 bridgehead atoms. The Morgan fingerprint density at radius 2 is 2.40 bits per heavy atom. The first-order valence-corrected chi connectivity index (χ1v) is 4.57. The van der Waals surface area contributed by atoms with Crippen LogP contribution in [0, 0.1) is 18.3 Å². The van der Waals surface area contributed by atoms with Gasteiger partial charge in [-0.15, -0.1) is 11.3 Å². The van der Waals surface area contributed by atoms with Crippen LogP contribution < -0.4 is 0 Å². The maximum absolute atomic E-state index is 8.51. The Labute approximate surface area is 72.4 Å². The van der Waals surface area contributed by atoms with Crippen molar-refractivity contribution in [1.82, 2.24) is 0 Å². The van der Waals surface area contributed by atoms with Crippen LogP contribution in [-0.2, 0) is 0 Å². The summed E-state index contributed by atoms with van der Waals surface area (Å²) in [7, 11) is 0. The minimum Gasteiger partial charge on any atom is -0.197 e. The minimum atomic E-state index is -0.133. The second-order valence-electron chi connectivity index (χ2n) is 1.94. The minimum absolute atomic E-state index is 0.133. The van der Waals surface area contributed by atoms with Gasteiger partial charge < -0.3 is 0 Å². The molecule has 0 radical (unpaired) electrons. The molecule has 0 aliphatic heterocycles. The predicted octanol–water partition coefficient (Wildman–Crippen LogP) is 3.02. The summed E-state index contributed by atoms with van der Waals surface area (Å²) in [4.78, 5) is 2.20. The number of hydrogen-bond acceptors (Lipinski definition) is 2.